The van der Waals surface area contributed by atoms with Crippen LogP contribution in [0.25, 0.3) is 71.3 Å². The third kappa shape index (κ3) is 5.12. The average molecular weight is 663 g/mol. The van der Waals surface area contributed by atoms with E-state index in [4.69, 9.17) is 0 Å². The summed E-state index contributed by atoms with van der Waals surface area (Å²) in [7, 11) is 0. The first-order valence-electron chi connectivity index (χ1n) is 17.8. The lowest BCUT2D eigenvalue weighted by atomic mass is 10.0. The Balaban J connectivity index is 1.03. The van der Waals surface area contributed by atoms with E-state index in [0.717, 1.165) is 22.7 Å². The quantitative estimate of drug-likeness (QED) is 0.172. The molecule has 10 aromatic rings. The van der Waals surface area contributed by atoms with Gasteiger partial charge in [0.15, 0.2) is 0 Å². The molecule has 0 saturated heterocycles. The van der Waals surface area contributed by atoms with Crippen LogP contribution in [0.2, 0.25) is 0 Å². The summed E-state index contributed by atoms with van der Waals surface area (Å²) < 4.78 is 2.40. The van der Waals surface area contributed by atoms with Gasteiger partial charge in [0, 0.05) is 33.2 Å². The third-order valence-electron chi connectivity index (χ3n) is 10.4. The van der Waals surface area contributed by atoms with Gasteiger partial charge in [-0.15, -0.1) is 0 Å². The number of anilines is 3. The first-order valence-corrected chi connectivity index (χ1v) is 17.8. The Morgan fingerprint density at radius 1 is 0.308 bits per heavy atom. The SMILES string of the molecule is c1ccc(-c2ccc(N(c3ccc(-c4ccc(-n5c6ccccc6c6cc7ccccc7cc65)cc4)cc3)c3cccc4ccccc34)cc2)cc1. The van der Waals surface area contributed by atoms with Gasteiger partial charge in [-0.05, 0) is 99.1 Å². The topological polar surface area (TPSA) is 8.17 Å². The summed E-state index contributed by atoms with van der Waals surface area (Å²) in [6.45, 7) is 0. The molecule has 0 unspecified atom stereocenters. The zero-order valence-corrected chi connectivity index (χ0v) is 28.5. The van der Waals surface area contributed by atoms with E-state index in [-0.39, 0.29) is 0 Å². The molecule has 0 fully saturated rings. The van der Waals surface area contributed by atoms with E-state index in [0.29, 0.717) is 0 Å². The maximum atomic E-state index is 2.40. The first kappa shape index (κ1) is 30.0. The van der Waals surface area contributed by atoms with Gasteiger partial charge in [-0.3, -0.25) is 0 Å². The predicted octanol–water partition coefficient (Wildman–Crippen LogP) is 13.9. The van der Waals surface area contributed by atoms with E-state index in [1.165, 1.54) is 65.6 Å². The molecular weight excluding hydrogens is 629 g/mol. The van der Waals surface area contributed by atoms with Crippen molar-refractivity contribution >= 4 is 60.4 Å². The van der Waals surface area contributed by atoms with Gasteiger partial charge in [-0.2, -0.15) is 0 Å². The highest BCUT2D eigenvalue weighted by molar-refractivity contribution is 6.13. The molecule has 10 rings (SSSR count). The largest absolute Gasteiger partial charge is 0.310 e. The van der Waals surface area contributed by atoms with Crippen LogP contribution in [0.3, 0.4) is 0 Å². The molecule has 1 heterocycles. The minimum Gasteiger partial charge on any atom is -0.310 e. The Hall–Kier alpha value is -6.90. The second-order valence-electron chi connectivity index (χ2n) is 13.4. The van der Waals surface area contributed by atoms with Crippen molar-refractivity contribution in [1.82, 2.24) is 4.57 Å². The number of aromatic nitrogens is 1. The summed E-state index contributed by atoms with van der Waals surface area (Å²) in [4.78, 5) is 2.37. The van der Waals surface area contributed by atoms with Gasteiger partial charge in [0.25, 0.3) is 0 Å². The summed E-state index contributed by atoms with van der Waals surface area (Å²) in [6.07, 6.45) is 0. The molecule has 0 aliphatic rings. The lowest BCUT2D eigenvalue weighted by Gasteiger charge is -2.27. The van der Waals surface area contributed by atoms with Crippen molar-refractivity contribution in [2.24, 2.45) is 0 Å². The minimum atomic E-state index is 1.11. The molecule has 2 heteroatoms. The fourth-order valence-corrected chi connectivity index (χ4v) is 7.80. The number of fused-ring (bicyclic) bond motifs is 5. The van der Waals surface area contributed by atoms with Crippen molar-refractivity contribution in [3.8, 4) is 27.9 Å². The zero-order chi connectivity index (χ0) is 34.4. The summed E-state index contributed by atoms with van der Waals surface area (Å²) in [6, 6.07) is 74.6. The van der Waals surface area contributed by atoms with Crippen LogP contribution in [-0.4, -0.2) is 4.57 Å². The molecule has 0 aliphatic heterocycles. The highest BCUT2D eigenvalue weighted by atomic mass is 15.1. The standard InChI is InChI=1S/C50H34N2/c1-2-11-35(12-3-1)36-21-27-42(28-22-36)51(48-20-10-16-39-13-6-7-17-45(39)48)43-29-23-37(24-30-43)38-25-31-44(32-26-38)52-49-19-9-8-18-46(49)47-33-40-14-4-5-15-41(40)34-50(47)52/h1-34H. The Morgan fingerprint density at radius 2 is 0.808 bits per heavy atom. The van der Waals surface area contributed by atoms with Crippen LogP contribution in [0.4, 0.5) is 17.1 Å². The number of hydrogen-bond donors (Lipinski definition) is 0. The molecule has 0 aliphatic carbocycles. The van der Waals surface area contributed by atoms with E-state index in [9.17, 15) is 0 Å². The van der Waals surface area contributed by atoms with Gasteiger partial charge < -0.3 is 9.47 Å². The number of rotatable bonds is 6. The maximum Gasteiger partial charge on any atom is 0.0547 e. The summed E-state index contributed by atoms with van der Waals surface area (Å²) in [5.74, 6) is 0. The number of para-hydroxylation sites is 1. The molecule has 0 atom stereocenters. The van der Waals surface area contributed by atoms with Gasteiger partial charge in [0.2, 0.25) is 0 Å². The van der Waals surface area contributed by atoms with Crippen molar-refractivity contribution in [3.05, 3.63) is 206 Å². The van der Waals surface area contributed by atoms with Crippen LogP contribution in [0.15, 0.2) is 206 Å². The fraction of sp³-hybridized carbons (Fsp3) is 0. The average Bonchev–Trinajstić information content (AvgIpc) is 3.54. The molecule has 9 aromatic carbocycles. The van der Waals surface area contributed by atoms with Crippen LogP contribution < -0.4 is 4.90 Å². The summed E-state index contributed by atoms with van der Waals surface area (Å²) in [5, 5.41) is 7.50. The van der Waals surface area contributed by atoms with Crippen LogP contribution in [0.1, 0.15) is 0 Å². The van der Waals surface area contributed by atoms with Crippen molar-refractivity contribution in [2.75, 3.05) is 4.90 Å². The van der Waals surface area contributed by atoms with Crippen molar-refractivity contribution in [3.63, 3.8) is 0 Å². The Bertz CT molecular complexity index is 2860. The Kier molecular flexibility index (Phi) is 7.18. The number of nitrogens with zero attached hydrogens (tertiary/aromatic N) is 2. The lowest BCUT2D eigenvalue weighted by molar-refractivity contribution is 1.18. The molecule has 0 radical (unpaired) electrons. The molecule has 52 heavy (non-hydrogen) atoms. The monoisotopic (exact) mass is 662 g/mol. The molecule has 0 spiro atoms. The van der Waals surface area contributed by atoms with E-state index < -0.39 is 0 Å². The molecule has 2 nitrogen and oxygen atoms in total. The van der Waals surface area contributed by atoms with Gasteiger partial charge in [0.05, 0.1) is 16.7 Å². The summed E-state index contributed by atoms with van der Waals surface area (Å²) >= 11 is 0. The molecule has 0 saturated carbocycles. The fourth-order valence-electron chi connectivity index (χ4n) is 7.80. The van der Waals surface area contributed by atoms with Crippen molar-refractivity contribution in [2.45, 2.75) is 0 Å². The number of benzene rings is 9. The Morgan fingerprint density at radius 3 is 1.48 bits per heavy atom. The van der Waals surface area contributed by atoms with E-state index in [1.807, 2.05) is 0 Å². The smallest absolute Gasteiger partial charge is 0.0547 e. The second-order valence-corrected chi connectivity index (χ2v) is 13.4. The van der Waals surface area contributed by atoms with Crippen molar-refractivity contribution < 1.29 is 0 Å². The third-order valence-corrected chi connectivity index (χ3v) is 10.4. The van der Waals surface area contributed by atoms with Gasteiger partial charge in [0.1, 0.15) is 0 Å². The first-order chi connectivity index (χ1) is 25.8. The van der Waals surface area contributed by atoms with Crippen molar-refractivity contribution in [1.29, 1.82) is 0 Å². The molecule has 0 bridgehead atoms. The van der Waals surface area contributed by atoms with E-state index >= 15 is 0 Å². The van der Waals surface area contributed by atoms with Crippen LogP contribution in [-0.2, 0) is 0 Å². The summed E-state index contributed by atoms with van der Waals surface area (Å²) in [5.41, 5.74) is 11.8. The predicted molar refractivity (Wildman–Crippen MR) is 221 cm³/mol. The molecular formula is C50H34N2. The maximum absolute atomic E-state index is 2.40. The lowest BCUT2D eigenvalue weighted by Crippen LogP contribution is -2.10. The van der Waals surface area contributed by atoms with Crippen LogP contribution in [0.5, 0.6) is 0 Å². The molecule has 0 N–H and O–H groups in total. The zero-order valence-electron chi connectivity index (χ0n) is 28.5. The van der Waals surface area contributed by atoms with Gasteiger partial charge in [-0.1, -0.05) is 146 Å². The Labute approximate surface area is 303 Å². The van der Waals surface area contributed by atoms with Crippen LogP contribution in [0, 0.1) is 0 Å². The number of hydrogen-bond acceptors (Lipinski definition) is 1. The van der Waals surface area contributed by atoms with E-state index in [1.54, 1.807) is 0 Å². The molecule has 244 valence electrons. The second kappa shape index (κ2) is 12.5. The van der Waals surface area contributed by atoms with Gasteiger partial charge >= 0.3 is 0 Å². The molecule has 0 amide bonds. The minimum absolute atomic E-state index is 1.11. The van der Waals surface area contributed by atoms with Gasteiger partial charge in [-0.25, -0.2) is 0 Å². The van der Waals surface area contributed by atoms with E-state index in [2.05, 4.69) is 216 Å². The van der Waals surface area contributed by atoms with Crippen LogP contribution >= 0.6 is 0 Å². The molecule has 1 aromatic heterocycles. The highest BCUT2D eigenvalue weighted by Gasteiger charge is 2.17. The highest BCUT2D eigenvalue weighted by Crippen LogP contribution is 2.41. The normalized spacial score (nSPS) is 11.5.